The van der Waals surface area contributed by atoms with Crippen LogP contribution in [-0.4, -0.2) is 68.0 Å². The Hall–Kier alpha value is -1.18. The number of aliphatic hydroxyl groups is 1. The molecule has 1 aromatic carbocycles. The van der Waals surface area contributed by atoms with E-state index >= 15 is 0 Å². The van der Waals surface area contributed by atoms with Crippen LogP contribution in [0.5, 0.6) is 0 Å². The minimum Gasteiger partial charge on any atom is -0.386 e. The SMILES string of the molecule is CC(C)(C)C(O)(CN1CCN(Cc2ccc(Cl)cc2Cl)CC1)Cn1cncn1. The number of hydrogen-bond acceptors (Lipinski definition) is 5. The summed E-state index contributed by atoms with van der Waals surface area (Å²) < 4.78 is 1.71. The van der Waals surface area contributed by atoms with E-state index in [-0.39, 0.29) is 5.41 Å². The summed E-state index contributed by atoms with van der Waals surface area (Å²) in [5.74, 6) is 0. The second kappa shape index (κ2) is 8.67. The van der Waals surface area contributed by atoms with E-state index in [2.05, 4.69) is 40.7 Å². The minimum atomic E-state index is -0.900. The molecule has 1 aliphatic rings. The molecule has 6 nitrogen and oxygen atoms in total. The van der Waals surface area contributed by atoms with Crippen molar-refractivity contribution in [1.82, 2.24) is 24.6 Å². The van der Waals surface area contributed by atoms with Crippen LogP contribution in [-0.2, 0) is 13.1 Å². The summed E-state index contributed by atoms with van der Waals surface area (Å²) in [6.45, 7) is 11.7. The number of halogens is 2. The van der Waals surface area contributed by atoms with Crippen LogP contribution in [0.1, 0.15) is 26.3 Å². The van der Waals surface area contributed by atoms with Gasteiger partial charge in [0.1, 0.15) is 18.3 Å². The highest BCUT2D eigenvalue weighted by Gasteiger charge is 2.42. The topological polar surface area (TPSA) is 57.4 Å². The molecule has 1 saturated heterocycles. The van der Waals surface area contributed by atoms with Crippen molar-refractivity contribution in [3.05, 3.63) is 46.5 Å². The summed E-state index contributed by atoms with van der Waals surface area (Å²) in [7, 11) is 0. The van der Waals surface area contributed by atoms with E-state index in [1.807, 2.05) is 12.1 Å². The summed E-state index contributed by atoms with van der Waals surface area (Å²) in [6, 6.07) is 5.67. The van der Waals surface area contributed by atoms with Crippen LogP contribution in [0, 0.1) is 5.41 Å². The van der Waals surface area contributed by atoms with Gasteiger partial charge in [0.15, 0.2) is 0 Å². The van der Waals surface area contributed by atoms with Crippen molar-refractivity contribution >= 4 is 23.2 Å². The van der Waals surface area contributed by atoms with Crippen molar-refractivity contribution in [2.75, 3.05) is 32.7 Å². The number of hydrogen-bond donors (Lipinski definition) is 1. The quantitative estimate of drug-likeness (QED) is 0.769. The van der Waals surface area contributed by atoms with Crippen molar-refractivity contribution in [3.63, 3.8) is 0 Å². The van der Waals surface area contributed by atoms with Gasteiger partial charge in [-0.05, 0) is 23.1 Å². The summed E-state index contributed by atoms with van der Waals surface area (Å²) in [4.78, 5) is 8.72. The lowest BCUT2D eigenvalue weighted by Crippen LogP contribution is -2.58. The first-order valence-corrected chi connectivity index (χ1v) is 10.4. The average molecular weight is 426 g/mol. The van der Waals surface area contributed by atoms with Gasteiger partial charge in [0.05, 0.1) is 6.54 Å². The largest absolute Gasteiger partial charge is 0.386 e. The molecule has 8 heteroatoms. The lowest BCUT2D eigenvalue weighted by molar-refractivity contribution is -0.0990. The second-order valence-corrected chi connectivity index (χ2v) is 9.51. The molecule has 0 saturated carbocycles. The molecule has 0 amide bonds. The van der Waals surface area contributed by atoms with Crippen LogP contribution in [0.4, 0.5) is 0 Å². The molecule has 0 aliphatic carbocycles. The molecule has 1 N–H and O–H groups in total. The van der Waals surface area contributed by atoms with Crippen LogP contribution in [0.2, 0.25) is 10.0 Å². The van der Waals surface area contributed by atoms with Crippen LogP contribution >= 0.6 is 23.2 Å². The molecule has 0 bridgehead atoms. The Kier molecular flexibility index (Phi) is 6.67. The number of rotatable bonds is 6. The first-order chi connectivity index (χ1) is 13.2. The minimum absolute atomic E-state index is 0.285. The third-order valence-corrected chi connectivity index (χ3v) is 6.23. The van der Waals surface area contributed by atoms with E-state index in [0.717, 1.165) is 38.3 Å². The molecular weight excluding hydrogens is 397 g/mol. The van der Waals surface area contributed by atoms with Crippen LogP contribution in [0.15, 0.2) is 30.9 Å². The zero-order chi connectivity index (χ0) is 20.4. The van der Waals surface area contributed by atoms with Gasteiger partial charge in [-0.15, -0.1) is 0 Å². The first kappa shape index (κ1) is 21.5. The van der Waals surface area contributed by atoms with Gasteiger partial charge in [-0.25, -0.2) is 4.98 Å². The number of nitrogens with zero attached hydrogens (tertiary/aromatic N) is 5. The van der Waals surface area contributed by atoms with Crippen molar-refractivity contribution in [3.8, 4) is 0 Å². The third-order valence-electron chi connectivity index (χ3n) is 5.65. The maximum absolute atomic E-state index is 11.5. The van der Waals surface area contributed by atoms with E-state index in [4.69, 9.17) is 23.2 Å². The molecule has 1 fully saturated rings. The monoisotopic (exact) mass is 425 g/mol. The van der Waals surface area contributed by atoms with Gasteiger partial charge in [-0.3, -0.25) is 14.5 Å². The Morgan fingerprint density at radius 2 is 1.71 bits per heavy atom. The number of benzene rings is 1. The number of piperazine rings is 1. The lowest BCUT2D eigenvalue weighted by Gasteiger charge is -2.45. The van der Waals surface area contributed by atoms with Crippen molar-refractivity contribution in [2.24, 2.45) is 5.41 Å². The lowest BCUT2D eigenvalue weighted by atomic mass is 9.76. The molecule has 1 atom stereocenters. The fraction of sp³-hybridized carbons (Fsp3) is 0.600. The van der Waals surface area contributed by atoms with Gasteiger partial charge in [0.25, 0.3) is 0 Å². The van der Waals surface area contributed by atoms with Gasteiger partial charge < -0.3 is 5.11 Å². The van der Waals surface area contributed by atoms with Gasteiger partial charge >= 0.3 is 0 Å². The molecular formula is C20H29Cl2N5O. The van der Waals surface area contributed by atoms with E-state index in [0.29, 0.717) is 23.1 Å². The highest BCUT2D eigenvalue weighted by atomic mass is 35.5. The second-order valence-electron chi connectivity index (χ2n) is 8.66. The molecule has 1 unspecified atom stereocenters. The van der Waals surface area contributed by atoms with E-state index in [9.17, 15) is 5.11 Å². The van der Waals surface area contributed by atoms with Gasteiger partial charge in [0.2, 0.25) is 0 Å². The average Bonchev–Trinajstić information content (AvgIpc) is 3.11. The Labute approximate surface area is 177 Å². The highest BCUT2D eigenvalue weighted by molar-refractivity contribution is 6.35. The van der Waals surface area contributed by atoms with Crippen LogP contribution < -0.4 is 0 Å². The van der Waals surface area contributed by atoms with Gasteiger partial charge in [-0.2, -0.15) is 5.10 Å². The molecule has 154 valence electrons. The fourth-order valence-corrected chi connectivity index (χ4v) is 3.94. The molecule has 3 rings (SSSR count). The normalized spacial score (nSPS) is 18.9. The standard InChI is InChI=1S/C20H29Cl2N5O/c1-19(2,3)20(28,13-27-15-23-14-24-27)12-26-8-6-25(7-9-26)11-16-4-5-17(21)10-18(16)22/h4-5,10,14-15,28H,6-9,11-13H2,1-3H3. The van der Waals surface area contributed by atoms with E-state index in [1.54, 1.807) is 17.1 Å². The fourth-order valence-electron chi connectivity index (χ4n) is 3.47. The van der Waals surface area contributed by atoms with Crippen molar-refractivity contribution in [2.45, 2.75) is 39.5 Å². The Bertz CT molecular complexity index is 769. The predicted molar refractivity (Wildman–Crippen MR) is 113 cm³/mol. The number of aromatic nitrogens is 3. The summed E-state index contributed by atoms with van der Waals surface area (Å²) in [5.41, 5.74) is -0.0909. The van der Waals surface area contributed by atoms with E-state index < -0.39 is 5.60 Å². The molecule has 1 aliphatic heterocycles. The Morgan fingerprint density at radius 1 is 1.04 bits per heavy atom. The van der Waals surface area contributed by atoms with Gasteiger partial charge in [0, 0.05) is 49.3 Å². The van der Waals surface area contributed by atoms with Crippen molar-refractivity contribution < 1.29 is 5.11 Å². The Balaban J connectivity index is 1.58. The number of β-amino-alcohol motifs (C(OH)–C–C–N with tert-alkyl or cyclic N) is 1. The Morgan fingerprint density at radius 3 is 2.29 bits per heavy atom. The molecule has 2 heterocycles. The molecule has 1 aromatic heterocycles. The van der Waals surface area contributed by atoms with Gasteiger partial charge in [-0.1, -0.05) is 50.0 Å². The molecule has 0 spiro atoms. The molecule has 0 radical (unpaired) electrons. The molecule has 2 aromatic rings. The zero-order valence-corrected chi connectivity index (χ0v) is 18.3. The maximum Gasteiger partial charge on any atom is 0.137 e. The van der Waals surface area contributed by atoms with Crippen LogP contribution in [0.3, 0.4) is 0 Å². The van der Waals surface area contributed by atoms with Crippen LogP contribution in [0.25, 0.3) is 0 Å². The zero-order valence-electron chi connectivity index (χ0n) is 16.8. The first-order valence-electron chi connectivity index (χ1n) is 9.60. The highest BCUT2D eigenvalue weighted by Crippen LogP contribution is 2.33. The summed E-state index contributed by atoms with van der Waals surface area (Å²) in [5, 5.41) is 17.0. The maximum atomic E-state index is 11.5. The summed E-state index contributed by atoms with van der Waals surface area (Å²) >= 11 is 12.3. The third kappa shape index (κ3) is 5.24. The molecule has 28 heavy (non-hydrogen) atoms. The van der Waals surface area contributed by atoms with E-state index in [1.165, 1.54) is 6.33 Å². The smallest absolute Gasteiger partial charge is 0.137 e. The van der Waals surface area contributed by atoms with Crippen molar-refractivity contribution in [1.29, 1.82) is 0 Å². The summed E-state index contributed by atoms with van der Waals surface area (Å²) in [6.07, 6.45) is 3.16. The predicted octanol–water partition coefficient (Wildman–Crippen LogP) is 3.18.